The van der Waals surface area contributed by atoms with Gasteiger partial charge in [0.05, 0.1) is 7.11 Å². The van der Waals surface area contributed by atoms with Crippen LogP contribution in [0, 0.1) is 0 Å². The Hall–Kier alpha value is -1.58. The topological polar surface area (TPSA) is 51.2 Å². The first-order chi connectivity index (χ1) is 8.67. The minimum Gasteiger partial charge on any atom is -0.464 e. The Morgan fingerprint density at radius 2 is 2.28 bits per heavy atom. The van der Waals surface area contributed by atoms with Gasteiger partial charge in [-0.3, -0.25) is 0 Å². The number of carbonyl (C=O) groups is 1. The average Bonchev–Trinajstić information content (AvgIpc) is 2.38. The number of pyridine rings is 1. The van der Waals surface area contributed by atoms with Gasteiger partial charge in [0.2, 0.25) is 0 Å². The summed E-state index contributed by atoms with van der Waals surface area (Å²) < 4.78 is 4.65. The third-order valence-corrected chi connectivity index (χ3v) is 2.81. The molecule has 1 aromatic rings. The average molecular weight is 250 g/mol. The van der Waals surface area contributed by atoms with E-state index >= 15 is 0 Å². The van der Waals surface area contributed by atoms with Crippen molar-refractivity contribution in [2.75, 3.05) is 12.4 Å². The van der Waals surface area contributed by atoms with Crippen molar-refractivity contribution in [1.82, 2.24) is 4.98 Å². The number of esters is 1. The van der Waals surface area contributed by atoms with Crippen molar-refractivity contribution in [1.29, 1.82) is 0 Å². The molecule has 1 heterocycles. The van der Waals surface area contributed by atoms with Crippen molar-refractivity contribution < 1.29 is 9.53 Å². The third-order valence-electron chi connectivity index (χ3n) is 2.81. The molecule has 1 atom stereocenters. The molecule has 4 nitrogen and oxygen atoms in total. The highest BCUT2D eigenvalue weighted by molar-refractivity contribution is 5.88. The summed E-state index contributed by atoms with van der Waals surface area (Å²) in [6.07, 6.45) is 6.46. The molecule has 0 bridgehead atoms. The van der Waals surface area contributed by atoms with Crippen molar-refractivity contribution in [3.8, 4) is 0 Å². The Kier molecular flexibility index (Phi) is 6.19. The molecule has 0 radical (unpaired) electrons. The third kappa shape index (κ3) is 4.73. The summed E-state index contributed by atoms with van der Waals surface area (Å²) in [4.78, 5) is 15.3. The van der Waals surface area contributed by atoms with Crippen LogP contribution >= 0.6 is 0 Å². The summed E-state index contributed by atoms with van der Waals surface area (Å²) in [5, 5.41) is 3.37. The highest BCUT2D eigenvalue weighted by atomic mass is 16.5. The van der Waals surface area contributed by atoms with Crippen LogP contribution in [0.4, 0.5) is 5.69 Å². The zero-order chi connectivity index (χ0) is 13.4. The van der Waals surface area contributed by atoms with Gasteiger partial charge in [0, 0.05) is 17.9 Å². The number of hydrogen-bond acceptors (Lipinski definition) is 4. The van der Waals surface area contributed by atoms with Gasteiger partial charge in [-0.05, 0) is 25.5 Å². The summed E-state index contributed by atoms with van der Waals surface area (Å²) in [7, 11) is 1.36. The van der Waals surface area contributed by atoms with Gasteiger partial charge < -0.3 is 10.1 Å². The first kappa shape index (κ1) is 14.5. The van der Waals surface area contributed by atoms with Crippen molar-refractivity contribution in [2.24, 2.45) is 0 Å². The molecule has 0 aromatic carbocycles. The molecule has 1 unspecified atom stereocenters. The summed E-state index contributed by atoms with van der Waals surface area (Å²) in [6.45, 7) is 4.34. The van der Waals surface area contributed by atoms with E-state index in [1.165, 1.54) is 26.4 Å². The summed E-state index contributed by atoms with van der Waals surface area (Å²) in [6, 6.07) is 3.98. The molecule has 100 valence electrons. The maximum Gasteiger partial charge on any atom is 0.356 e. The summed E-state index contributed by atoms with van der Waals surface area (Å²) >= 11 is 0. The highest BCUT2D eigenvalue weighted by Gasteiger charge is 2.08. The van der Waals surface area contributed by atoms with Gasteiger partial charge in [0.1, 0.15) is 5.69 Å². The number of hydrogen-bond donors (Lipinski definition) is 1. The second-order valence-electron chi connectivity index (χ2n) is 4.46. The first-order valence-corrected chi connectivity index (χ1v) is 6.48. The molecule has 0 saturated heterocycles. The molecule has 1 N–H and O–H groups in total. The summed E-state index contributed by atoms with van der Waals surface area (Å²) in [5.74, 6) is -0.405. The molecule has 0 aliphatic carbocycles. The fraction of sp³-hybridized carbons (Fsp3) is 0.571. The second kappa shape index (κ2) is 7.69. The van der Waals surface area contributed by atoms with E-state index in [0.29, 0.717) is 11.7 Å². The fourth-order valence-electron chi connectivity index (χ4n) is 1.79. The minimum atomic E-state index is -0.405. The molecule has 0 aliphatic rings. The van der Waals surface area contributed by atoms with Crippen LogP contribution < -0.4 is 5.32 Å². The molecule has 18 heavy (non-hydrogen) atoms. The number of ether oxygens (including phenoxy) is 1. The standard InChI is InChI=1S/C14H22N2O2/c1-4-5-6-7-11(2)16-12-8-9-15-13(10-12)14(17)18-3/h8-11H,4-7H2,1-3H3,(H,15,16). The van der Waals surface area contributed by atoms with E-state index in [4.69, 9.17) is 0 Å². The van der Waals surface area contributed by atoms with Crippen LogP contribution in [0.2, 0.25) is 0 Å². The van der Waals surface area contributed by atoms with E-state index in [9.17, 15) is 4.79 Å². The van der Waals surface area contributed by atoms with E-state index in [1.54, 1.807) is 12.3 Å². The van der Waals surface area contributed by atoms with Crippen LogP contribution in [0.1, 0.15) is 50.0 Å². The Morgan fingerprint density at radius 1 is 1.50 bits per heavy atom. The van der Waals surface area contributed by atoms with E-state index in [2.05, 4.69) is 28.9 Å². The molecule has 0 amide bonds. The normalized spacial score (nSPS) is 11.9. The van der Waals surface area contributed by atoms with Gasteiger partial charge in [-0.15, -0.1) is 0 Å². The molecular weight excluding hydrogens is 228 g/mol. The van der Waals surface area contributed by atoms with E-state index < -0.39 is 5.97 Å². The van der Waals surface area contributed by atoms with Crippen LogP contribution in [0.3, 0.4) is 0 Å². The Morgan fingerprint density at radius 3 is 2.94 bits per heavy atom. The van der Waals surface area contributed by atoms with Gasteiger partial charge in [0.15, 0.2) is 0 Å². The quantitative estimate of drug-likeness (QED) is 0.596. The largest absolute Gasteiger partial charge is 0.464 e. The number of aromatic nitrogens is 1. The number of methoxy groups -OCH3 is 1. The molecular formula is C14H22N2O2. The number of carbonyl (C=O) groups excluding carboxylic acids is 1. The van der Waals surface area contributed by atoms with Crippen molar-refractivity contribution in [2.45, 2.75) is 45.6 Å². The van der Waals surface area contributed by atoms with Crippen LogP contribution in [0.15, 0.2) is 18.3 Å². The number of nitrogens with zero attached hydrogens (tertiary/aromatic N) is 1. The van der Waals surface area contributed by atoms with Gasteiger partial charge in [-0.1, -0.05) is 26.2 Å². The number of nitrogens with one attached hydrogen (secondary N) is 1. The lowest BCUT2D eigenvalue weighted by atomic mass is 10.1. The number of rotatable bonds is 7. The zero-order valence-corrected chi connectivity index (χ0v) is 11.4. The van der Waals surface area contributed by atoms with Gasteiger partial charge in [-0.2, -0.15) is 0 Å². The van der Waals surface area contributed by atoms with Gasteiger partial charge in [0.25, 0.3) is 0 Å². The van der Waals surface area contributed by atoms with Crippen LogP contribution in [-0.2, 0) is 4.74 Å². The van der Waals surface area contributed by atoms with Gasteiger partial charge in [-0.25, -0.2) is 9.78 Å². The summed E-state index contributed by atoms with van der Waals surface area (Å²) in [5.41, 5.74) is 1.25. The molecule has 1 aromatic heterocycles. The maximum absolute atomic E-state index is 11.3. The van der Waals surface area contributed by atoms with Gasteiger partial charge >= 0.3 is 5.97 Å². The van der Waals surface area contributed by atoms with Crippen molar-refractivity contribution >= 4 is 11.7 Å². The zero-order valence-electron chi connectivity index (χ0n) is 11.4. The number of anilines is 1. The second-order valence-corrected chi connectivity index (χ2v) is 4.46. The first-order valence-electron chi connectivity index (χ1n) is 6.48. The minimum absolute atomic E-state index is 0.336. The molecule has 4 heteroatoms. The van der Waals surface area contributed by atoms with Crippen molar-refractivity contribution in [3.05, 3.63) is 24.0 Å². The Bertz CT molecular complexity index is 380. The Balaban J connectivity index is 2.53. The molecule has 0 aliphatic heterocycles. The van der Waals surface area contributed by atoms with E-state index in [1.807, 2.05) is 6.07 Å². The fourth-order valence-corrected chi connectivity index (χ4v) is 1.79. The van der Waals surface area contributed by atoms with Crippen LogP contribution in [0.5, 0.6) is 0 Å². The lowest BCUT2D eigenvalue weighted by Crippen LogP contribution is -2.15. The molecule has 0 fully saturated rings. The monoisotopic (exact) mass is 250 g/mol. The lowest BCUT2D eigenvalue weighted by molar-refractivity contribution is 0.0594. The molecule has 1 rings (SSSR count). The maximum atomic E-state index is 11.3. The predicted octanol–water partition coefficient (Wildman–Crippen LogP) is 3.25. The molecule has 0 spiro atoms. The number of unbranched alkanes of at least 4 members (excludes halogenated alkanes) is 2. The van der Waals surface area contributed by atoms with E-state index in [-0.39, 0.29) is 0 Å². The smallest absolute Gasteiger partial charge is 0.356 e. The highest BCUT2D eigenvalue weighted by Crippen LogP contribution is 2.13. The SMILES string of the molecule is CCCCCC(C)Nc1ccnc(C(=O)OC)c1. The molecule has 0 saturated carbocycles. The van der Waals surface area contributed by atoms with E-state index in [0.717, 1.165) is 12.1 Å². The van der Waals surface area contributed by atoms with Crippen LogP contribution in [0.25, 0.3) is 0 Å². The predicted molar refractivity (Wildman–Crippen MR) is 72.8 cm³/mol. The Labute approximate surface area is 109 Å². The van der Waals surface area contributed by atoms with Crippen LogP contribution in [-0.4, -0.2) is 24.1 Å². The van der Waals surface area contributed by atoms with Crippen molar-refractivity contribution in [3.63, 3.8) is 0 Å². The lowest BCUT2D eigenvalue weighted by Gasteiger charge is -2.15.